The minimum Gasteiger partial charge on any atom is -0.343 e. The molecule has 1 heterocycles. The molecule has 3 N–H and O–H groups in total. The molecule has 0 radical (unpaired) electrons. The van der Waals surface area contributed by atoms with E-state index in [0.717, 1.165) is 4.90 Å². The van der Waals surface area contributed by atoms with Crippen molar-refractivity contribution in [3.8, 4) is 0 Å². The fourth-order valence-corrected chi connectivity index (χ4v) is 2.16. The quantitative estimate of drug-likeness (QED) is 0.510. The molecule has 1 aromatic carbocycles. The number of carbonyl (C=O) groups excluding carboxylic acids is 3. The molecule has 1 aromatic rings. The van der Waals surface area contributed by atoms with E-state index in [2.05, 4.69) is 0 Å². The second kappa shape index (κ2) is 5.16. The van der Waals surface area contributed by atoms with Crippen molar-refractivity contribution in [3.63, 3.8) is 0 Å². The van der Waals surface area contributed by atoms with Gasteiger partial charge in [0.25, 0.3) is 11.8 Å². The van der Waals surface area contributed by atoms with Gasteiger partial charge in [-0.05, 0) is 12.1 Å². The van der Waals surface area contributed by atoms with E-state index < -0.39 is 38.1 Å². The molecule has 3 amide bonds. The van der Waals surface area contributed by atoms with Gasteiger partial charge in [-0.25, -0.2) is 0 Å². The second-order valence-corrected chi connectivity index (χ2v) is 5.81. The maximum Gasteiger partial charge on any atom is 0.344 e. The predicted molar refractivity (Wildman–Crippen MR) is 66.9 cm³/mol. The third kappa shape index (κ3) is 2.93. The van der Waals surface area contributed by atoms with Crippen molar-refractivity contribution >= 4 is 25.3 Å². The van der Waals surface area contributed by atoms with E-state index in [-0.39, 0.29) is 11.1 Å². The van der Waals surface area contributed by atoms with Gasteiger partial charge < -0.3 is 15.1 Å². The highest BCUT2D eigenvalue weighted by atomic mass is 31.2. The van der Waals surface area contributed by atoms with Crippen molar-refractivity contribution in [3.05, 3.63) is 35.4 Å². The minimum atomic E-state index is -4.37. The molecule has 1 aliphatic rings. The number of imide groups is 1. The lowest BCUT2D eigenvalue weighted by molar-refractivity contribution is -0.121. The van der Waals surface area contributed by atoms with E-state index in [4.69, 9.17) is 9.79 Å². The topological polar surface area (TPSA) is 124 Å². The maximum atomic E-state index is 11.9. The number of fused-ring (bicyclic) bond motifs is 1. The smallest absolute Gasteiger partial charge is 0.343 e. The van der Waals surface area contributed by atoms with Crippen molar-refractivity contribution in [2.45, 2.75) is 0 Å². The molecular formula is C11H11N2O6P. The zero-order chi connectivity index (χ0) is 14.9. The van der Waals surface area contributed by atoms with E-state index in [1.807, 2.05) is 5.32 Å². The fraction of sp³-hybridized carbons (Fsp3) is 0.182. The summed E-state index contributed by atoms with van der Waals surface area (Å²) in [5.74, 6) is -2.02. The first kappa shape index (κ1) is 14.4. The number of amides is 3. The molecule has 0 aromatic heterocycles. The van der Waals surface area contributed by atoms with Gasteiger partial charge in [-0.3, -0.25) is 23.8 Å². The van der Waals surface area contributed by atoms with E-state index in [1.165, 1.54) is 12.1 Å². The number of carbonyl (C=O) groups is 3. The van der Waals surface area contributed by atoms with Crippen LogP contribution in [0.25, 0.3) is 0 Å². The van der Waals surface area contributed by atoms with E-state index >= 15 is 0 Å². The Morgan fingerprint density at radius 2 is 1.65 bits per heavy atom. The molecule has 0 unspecified atom stereocenters. The first-order valence-electron chi connectivity index (χ1n) is 5.56. The Balaban J connectivity index is 2.06. The summed E-state index contributed by atoms with van der Waals surface area (Å²) in [6.45, 7) is -0.577. The summed E-state index contributed by atoms with van der Waals surface area (Å²) in [6.07, 6.45) is -0.838. The van der Waals surface area contributed by atoms with Crippen molar-refractivity contribution in [1.82, 2.24) is 10.2 Å². The van der Waals surface area contributed by atoms with Gasteiger partial charge >= 0.3 is 7.60 Å². The molecular weight excluding hydrogens is 287 g/mol. The Morgan fingerprint density at radius 1 is 1.15 bits per heavy atom. The molecule has 8 nitrogen and oxygen atoms in total. The van der Waals surface area contributed by atoms with Gasteiger partial charge in [0.2, 0.25) is 5.91 Å². The standard InChI is InChI=1S/C11H11N2O6P/c14-9(12-6-20(17,18)19)5-13-10(15)7-3-1-2-4-8(7)11(13)16/h1-4H,5-6H2,(H,12,14)(H2,17,18,19). The van der Waals surface area contributed by atoms with Crippen molar-refractivity contribution in [2.75, 3.05) is 12.8 Å². The van der Waals surface area contributed by atoms with E-state index in [9.17, 15) is 18.9 Å². The number of hydrogen-bond acceptors (Lipinski definition) is 4. The average molecular weight is 298 g/mol. The van der Waals surface area contributed by atoms with Crippen LogP contribution < -0.4 is 5.32 Å². The van der Waals surface area contributed by atoms with E-state index in [1.54, 1.807) is 12.1 Å². The number of rotatable bonds is 4. The van der Waals surface area contributed by atoms with Crippen LogP contribution in [0.3, 0.4) is 0 Å². The molecule has 0 spiro atoms. The summed E-state index contributed by atoms with van der Waals surface area (Å²) < 4.78 is 10.6. The van der Waals surface area contributed by atoms with Crippen LogP contribution in [0.5, 0.6) is 0 Å². The summed E-state index contributed by atoms with van der Waals surface area (Å²) in [5, 5.41) is 1.97. The summed E-state index contributed by atoms with van der Waals surface area (Å²) in [7, 11) is -4.37. The molecule has 0 atom stereocenters. The van der Waals surface area contributed by atoms with Gasteiger partial charge in [0.05, 0.1) is 11.1 Å². The van der Waals surface area contributed by atoms with Crippen LogP contribution >= 0.6 is 7.60 Å². The Bertz CT molecular complexity index is 603. The Labute approximate surface area is 113 Å². The van der Waals surface area contributed by atoms with Crippen LogP contribution in [0.1, 0.15) is 20.7 Å². The molecule has 0 fully saturated rings. The average Bonchev–Trinajstić information content (AvgIpc) is 2.62. The van der Waals surface area contributed by atoms with Crippen molar-refractivity contribution in [2.24, 2.45) is 0 Å². The number of nitrogens with one attached hydrogen (secondary N) is 1. The van der Waals surface area contributed by atoms with Crippen molar-refractivity contribution in [1.29, 1.82) is 0 Å². The van der Waals surface area contributed by atoms with Crippen molar-refractivity contribution < 1.29 is 28.7 Å². The molecule has 1 aliphatic heterocycles. The van der Waals surface area contributed by atoms with Crippen LogP contribution in [-0.2, 0) is 9.36 Å². The van der Waals surface area contributed by atoms with Gasteiger partial charge in [-0.15, -0.1) is 0 Å². The Kier molecular flexibility index (Phi) is 3.71. The zero-order valence-electron chi connectivity index (χ0n) is 10.1. The summed E-state index contributed by atoms with van der Waals surface area (Å²) in [5.41, 5.74) is 0.417. The summed E-state index contributed by atoms with van der Waals surface area (Å²) in [6, 6.07) is 6.15. The number of hydrogen-bond donors (Lipinski definition) is 3. The zero-order valence-corrected chi connectivity index (χ0v) is 11.0. The third-order valence-corrected chi connectivity index (χ3v) is 3.23. The predicted octanol–water partition coefficient (Wildman–Crippen LogP) is -0.466. The van der Waals surface area contributed by atoms with Gasteiger partial charge in [-0.1, -0.05) is 12.1 Å². The van der Waals surface area contributed by atoms with Gasteiger partial charge in [0.1, 0.15) is 12.8 Å². The maximum absolute atomic E-state index is 11.9. The lowest BCUT2D eigenvalue weighted by atomic mass is 10.1. The second-order valence-electron chi connectivity index (χ2n) is 4.16. The van der Waals surface area contributed by atoms with Crippen LogP contribution in [-0.4, -0.2) is 45.2 Å². The largest absolute Gasteiger partial charge is 0.344 e. The van der Waals surface area contributed by atoms with Gasteiger partial charge in [0.15, 0.2) is 0 Å². The highest BCUT2D eigenvalue weighted by molar-refractivity contribution is 7.51. The molecule has 0 aliphatic carbocycles. The molecule has 106 valence electrons. The summed E-state index contributed by atoms with van der Waals surface area (Å²) >= 11 is 0. The van der Waals surface area contributed by atoms with Gasteiger partial charge in [-0.2, -0.15) is 0 Å². The molecule has 20 heavy (non-hydrogen) atoms. The lowest BCUT2D eigenvalue weighted by Crippen LogP contribution is -2.40. The van der Waals surface area contributed by atoms with Crippen LogP contribution in [0.4, 0.5) is 0 Å². The number of nitrogens with zero attached hydrogens (tertiary/aromatic N) is 1. The highest BCUT2D eigenvalue weighted by Crippen LogP contribution is 2.31. The van der Waals surface area contributed by atoms with Gasteiger partial charge in [0, 0.05) is 0 Å². The van der Waals surface area contributed by atoms with Crippen LogP contribution in [0.15, 0.2) is 24.3 Å². The Morgan fingerprint density at radius 3 is 2.10 bits per heavy atom. The fourth-order valence-electron chi connectivity index (χ4n) is 1.77. The summed E-state index contributed by atoms with van der Waals surface area (Å²) in [4.78, 5) is 53.3. The molecule has 9 heteroatoms. The lowest BCUT2D eigenvalue weighted by Gasteiger charge is -2.13. The normalized spacial score (nSPS) is 14.4. The van der Waals surface area contributed by atoms with Crippen LogP contribution in [0, 0.1) is 0 Å². The monoisotopic (exact) mass is 298 g/mol. The first-order chi connectivity index (χ1) is 9.29. The molecule has 0 saturated heterocycles. The first-order valence-corrected chi connectivity index (χ1v) is 7.36. The molecule has 0 saturated carbocycles. The highest BCUT2D eigenvalue weighted by Gasteiger charge is 2.36. The third-order valence-electron chi connectivity index (χ3n) is 2.66. The Hall–Kier alpha value is -2.02. The SMILES string of the molecule is O=C(CN1C(=O)c2ccccc2C1=O)NCP(=O)(O)O. The minimum absolute atomic E-state index is 0.209. The molecule has 0 bridgehead atoms. The number of benzene rings is 1. The molecule has 2 rings (SSSR count). The van der Waals surface area contributed by atoms with Crippen LogP contribution in [0.2, 0.25) is 0 Å². The van der Waals surface area contributed by atoms with E-state index in [0.29, 0.717) is 0 Å².